The molecule has 0 radical (unpaired) electrons. The maximum absolute atomic E-state index is 12.2. The zero-order valence-electron chi connectivity index (χ0n) is 13.0. The Hall–Kier alpha value is -1.32. The smallest absolute Gasteiger partial charge is 0.243 e. The molecule has 21 heavy (non-hydrogen) atoms. The highest BCUT2D eigenvalue weighted by Crippen LogP contribution is 2.31. The van der Waals surface area contributed by atoms with Crippen LogP contribution < -0.4 is 5.32 Å². The highest BCUT2D eigenvalue weighted by molar-refractivity contribution is 5.82. The first-order valence-corrected chi connectivity index (χ1v) is 7.83. The van der Waals surface area contributed by atoms with Gasteiger partial charge in [0.1, 0.15) is 6.04 Å². The average Bonchev–Trinajstić information content (AvgIpc) is 2.92. The number of carbonyl (C=O) groups excluding carboxylic acids is 1. The van der Waals surface area contributed by atoms with Gasteiger partial charge in [-0.3, -0.25) is 9.69 Å². The van der Waals surface area contributed by atoms with Crippen LogP contribution in [0, 0.1) is 17.4 Å². The van der Waals surface area contributed by atoms with Crippen LogP contribution in [0.15, 0.2) is 0 Å². The minimum atomic E-state index is -0.807. The molecule has 1 aliphatic rings. The summed E-state index contributed by atoms with van der Waals surface area (Å²) >= 11 is 0. The first-order valence-electron chi connectivity index (χ1n) is 7.83. The summed E-state index contributed by atoms with van der Waals surface area (Å²) < 4.78 is 0. The van der Waals surface area contributed by atoms with Crippen LogP contribution in [-0.4, -0.2) is 52.4 Å². The van der Waals surface area contributed by atoms with Gasteiger partial charge in [-0.25, -0.2) is 0 Å². The van der Waals surface area contributed by atoms with Gasteiger partial charge in [-0.1, -0.05) is 26.7 Å². The Kier molecular flexibility index (Phi) is 7.48. The van der Waals surface area contributed by atoms with E-state index in [0.717, 1.165) is 19.3 Å². The number of aliphatic hydroxyl groups excluding tert-OH is 2. The van der Waals surface area contributed by atoms with Gasteiger partial charge in [-0.2, -0.15) is 5.26 Å². The van der Waals surface area contributed by atoms with Crippen molar-refractivity contribution in [1.82, 2.24) is 10.2 Å². The average molecular weight is 297 g/mol. The molecule has 6 heteroatoms. The van der Waals surface area contributed by atoms with Crippen LogP contribution in [0.25, 0.3) is 0 Å². The summed E-state index contributed by atoms with van der Waals surface area (Å²) in [5.74, 6) is 0.286. The molecule has 0 aromatic heterocycles. The minimum absolute atomic E-state index is 0.156. The third kappa shape index (κ3) is 4.58. The van der Waals surface area contributed by atoms with Gasteiger partial charge >= 0.3 is 0 Å². The summed E-state index contributed by atoms with van der Waals surface area (Å²) in [5.41, 5.74) is 0. The van der Waals surface area contributed by atoms with Crippen molar-refractivity contribution >= 4 is 5.91 Å². The lowest BCUT2D eigenvalue weighted by atomic mass is 9.92. The number of aliphatic hydroxyl groups is 2. The number of hydrogen-bond donors (Lipinski definition) is 3. The van der Waals surface area contributed by atoms with Crippen LogP contribution >= 0.6 is 0 Å². The molecule has 3 N–H and O–H groups in total. The molecule has 1 fully saturated rings. The number of nitriles is 1. The number of amides is 1. The Morgan fingerprint density at radius 3 is 2.62 bits per heavy atom. The van der Waals surface area contributed by atoms with E-state index >= 15 is 0 Å². The van der Waals surface area contributed by atoms with Gasteiger partial charge in [-0.15, -0.1) is 0 Å². The molecule has 2 unspecified atom stereocenters. The van der Waals surface area contributed by atoms with Gasteiger partial charge in [0.15, 0.2) is 6.19 Å². The van der Waals surface area contributed by atoms with Crippen molar-refractivity contribution in [2.75, 3.05) is 13.2 Å². The molecule has 1 saturated heterocycles. The van der Waals surface area contributed by atoms with Gasteiger partial charge in [0.2, 0.25) is 5.91 Å². The molecule has 0 aliphatic carbocycles. The summed E-state index contributed by atoms with van der Waals surface area (Å²) in [4.78, 5) is 13.8. The van der Waals surface area contributed by atoms with Crippen molar-refractivity contribution in [2.24, 2.45) is 5.92 Å². The lowest BCUT2D eigenvalue weighted by Crippen LogP contribution is -2.45. The Morgan fingerprint density at radius 2 is 2.10 bits per heavy atom. The summed E-state index contributed by atoms with van der Waals surface area (Å²) in [6.45, 7) is 4.24. The number of nitrogens with zero attached hydrogens (tertiary/aromatic N) is 2. The van der Waals surface area contributed by atoms with Crippen molar-refractivity contribution in [2.45, 2.75) is 64.1 Å². The highest BCUT2D eigenvalue weighted by Gasteiger charge is 2.39. The summed E-state index contributed by atoms with van der Waals surface area (Å²) in [5, 5.41) is 30.1. The number of carbonyl (C=O) groups is 1. The maximum atomic E-state index is 12.2. The quantitative estimate of drug-likeness (QED) is 0.570. The van der Waals surface area contributed by atoms with Crippen LogP contribution in [0.3, 0.4) is 0 Å². The molecule has 1 aliphatic heterocycles. The van der Waals surface area contributed by atoms with E-state index < -0.39 is 12.1 Å². The van der Waals surface area contributed by atoms with Crippen molar-refractivity contribution in [3.05, 3.63) is 0 Å². The second kappa shape index (κ2) is 8.85. The first kappa shape index (κ1) is 17.7. The lowest BCUT2D eigenvalue weighted by Gasteiger charge is -2.29. The van der Waals surface area contributed by atoms with Gasteiger partial charge in [-0.05, 0) is 25.2 Å². The van der Waals surface area contributed by atoms with E-state index in [1.807, 2.05) is 0 Å². The van der Waals surface area contributed by atoms with E-state index in [4.69, 9.17) is 5.11 Å². The molecular formula is C15H27N3O3. The number of likely N-dealkylation sites (tertiary alicyclic amines) is 1. The van der Waals surface area contributed by atoms with Gasteiger partial charge < -0.3 is 15.5 Å². The first-order chi connectivity index (χ1) is 10.1. The topological polar surface area (TPSA) is 96.6 Å². The summed E-state index contributed by atoms with van der Waals surface area (Å²) in [6, 6.07) is -0.240. The zero-order chi connectivity index (χ0) is 15.8. The Balaban J connectivity index is 2.55. The van der Waals surface area contributed by atoms with Gasteiger partial charge in [0, 0.05) is 12.6 Å². The monoisotopic (exact) mass is 297 g/mol. The summed E-state index contributed by atoms with van der Waals surface area (Å²) in [6.07, 6.45) is 5.29. The van der Waals surface area contributed by atoms with E-state index in [0.29, 0.717) is 25.3 Å². The second-order valence-electron chi connectivity index (χ2n) is 5.66. The Labute approximate surface area is 126 Å². The molecule has 1 heterocycles. The molecule has 120 valence electrons. The van der Waals surface area contributed by atoms with E-state index in [1.54, 1.807) is 4.90 Å². The maximum Gasteiger partial charge on any atom is 0.243 e. The fourth-order valence-corrected chi connectivity index (χ4v) is 3.11. The van der Waals surface area contributed by atoms with Gasteiger partial charge in [0.05, 0.1) is 12.7 Å². The molecule has 6 nitrogen and oxygen atoms in total. The molecule has 0 bridgehead atoms. The van der Waals surface area contributed by atoms with E-state index in [-0.39, 0.29) is 18.6 Å². The molecular weight excluding hydrogens is 270 g/mol. The number of nitrogens with one attached hydrogen (secondary N) is 1. The van der Waals surface area contributed by atoms with Crippen molar-refractivity contribution in [3.8, 4) is 6.19 Å². The van der Waals surface area contributed by atoms with Crippen LogP contribution in [0.1, 0.15) is 46.0 Å². The van der Waals surface area contributed by atoms with Crippen LogP contribution in [-0.2, 0) is 4.79 Å². The fourth-order valence-electron chi connectivity index (χ4n) is 3.11. The predicted molar refractivity (Wildman–Crippen MR) is 79.1 cm³/mol. The standard InChI is InChI=1S/C15H27N3O3/c1-3-11(4-2)13-5-6-14(18(13)10-16)15(21)17-8-7-12(20)9-19/h11-14,19-20H,3-9H2,1-2H3,(H,17,21)/t12-,13?,14?/m0/s1. The molecule has 3 atom stereocenters. The number of hydrogen-bond acceptors (Lipinski definition) is 5. The Bertz CT molecular complexity index is 366. The second-order valence-corrected chi connectivity index (χ2v) is 5.66. The van der Waals surface area contributed by atoms with E-state index in [1.165, 1.54) is 0 Å². The SMILES string of the molecule is CCC(CC)C1CCC(C(=O)NCC[C@H](O)CO)N1C#N. The Morgan fingerprint density at radius 1 is 1.43 bits per heavy atom. The third-order valence-corrected chi connectivity index (χ3v) is 4.43. The zero-order valence-corrected chi connectivity index (χ0v) is 13.0. The molecule has 0 saturated carbocycles. The van der Waals surface area contributed by atoms with Crippen LogP contribution in [0.2, 0.25) is 0 Å². The van der Waals surface area contributed by atoms with Crippen molar-refractivity contribution in [3.63, 3.8) is 0 Å². The minimum Gasteiger partial charge on any atom is -0.394 e. The molecule has 1 rings (SSSR count). The number of rotatable bonds is 8. The van der Waals surface area contributed by atoms with E-state index in [9.17, 15) is 15.2 Å². The fraction of sp³-hybridized carbons (Fsp3) is 0.867. The lowest BCUT2D eigenvalue weighted by molar-refractivity contribution is -0.125. The predicted octanol–water partition coefficient (Wildman–Crippen LogP) is 0.596. The molecule has 0 aromatic carbocycles. The van der Waals surface area contributed by atoms with E-state index in [2.05, 4.69) is 25.4 Å². The van der Waals surface area contributed by atoms with Crippen LogP contribution in [0.5, 0.6) is 0 Å². The molecule has 0 spiro atoms. The molecule has 1 amide bonds. The molecule has 0 aromatic rings. The van der Waals surface area contributed by atoms with Crippen LogP contribution in [0.4, 0.5) is 0 Å². The van der Waals surface area contributed by atoms with Gasteiger partial charge in [0.25, 0.3) is 0 Å². The largest absolute Gasteiger partial charge is 0.394 e. The summed E-state index contributed by atoms with van der Waals surface area (Å²) in [7, 11) is 0. The highest BCUT2D eigenvalue weighted by atomic mass is 16.3. The normalized spacial score (nSPS) is 23.1. The van der Waals surface area contributed by atoms with Crippen molar-refractivity contribution in [1.29, 1.82) is 5.26 Å². The van der Waals surface area contributed by atoms with Crippen molar-refractivity contribution < 1.29 is 15.0 Å². The third-order valence-electron chi connectivity index (χ3n) is 4.43.